The second-order valence-electron chi connectivity index (χ2n) is 7.52. The number of fused-ring (bicyclic) bond motifs is 3. The van der Waals surface area contributed by atoms with E-state index in [1.165, 1.54) is 6.42 Å². The van der Waals surface area contributed by atoms with Crippen molar-refractivity contribution in [1.29, 1.82) is 0 Å². The summed E-state index contributed by atoms with van der Waals surface area (Å²) < 4.78 is 6.17. The van der Waals surface area contributed by atoms with Gasteiger partial charge in [0.25, 0.3) is 0 Å². The number of hydrogen-bond donors (Lipinski definition) is 1. The Balaban J connectivity index is 1.53. The zero-order valence-corrected chi connectivity index (χ0v) is 15.7. The van der Waals surface area contributed by atoms with Crippen LogP contribution in [0.25, 0.3) is 33.3 Å². The highest BCUT2D eigenvalue weighted by Crippen LogP contribution is 2.34. The third kappa shape index (κ3) is 3.05. The molecule has 0 bridgehead atoms. The number of nitrogens with one attached hydrogen (secondary N) is 1. The van der Waals surface area contributed by atoms with Crippen molar-refractivity contribution in [3.8, 4) is 11.5 Å². The lowest BCUT2D eigenvalue weighted by molar-refractivity contribution is -0.120. The van der Waals surface area contributed by atoms with Crippen LogP contribution in [0.1, 0.15) is 32.1 Å². The number of amides is 1. The Bertz CT molecular complexity index is 1160. The quantitative estimate of drug-likeness (QED) is 0.469. The summed E-state index contributed by atoms with van der Waals surface area (Å²) in [6.45, 7) is 0. The first kappa shape index (κ1) is 17.0. The molecule has 0 saturated heterocycles. The van der Waals surface area contributed by atoms with Gasteiger partial charge in [0.2, 0.25) is 11.8 Å². The molecule has 1 saturated carbocycles. The predicted octanol–water partition coefficient (Wildman–Crippen LogP) is 6.17. The molecule has 0 unspecified atom stereocenters. The second kappa shape index (κ2) is 7.12. The van der Waals surface area contributed by atoms with Gasteiger partial charge >= 0.3 is 0 Å². The number of hydrogen-bond acceptors (Lipinski definition) is 3. The Hall–Kier alpha value is -3.14. The largest absolute Gasteiger partial charge is 0.435 e. The van der Waals surface area contributed by atoms with Crippen LogP contribution in [0.15, 0.2) is 65.1 Å². The Labute approximate surface area is 163 Å². The Morgan fingerprint density at radius 3 is 2.61 bits per heavy atom. The number of oxazole rings is 1. The van der Waals surface area contributed by atoms with Gasteiger partial charge in [0, 0.05) is 11.3 Å². The van der Waals surface area contributed by atoms with Gasteiger partial charge in [-0.05, 0) is 36.4 Å². The summed E-state index contributed by atoms with van der Waals surface area (Å²) in [5.41, 5.74) is 3.17. The number of nitrogens with zero attached hydrogens (tertiary/aromatic N) is 1. The van der Waals surface area contributed by atoms with Gasteiger partial charge < -0.3 is 9.73 Å². The summed E-state index contributed by atoms with van der Waals surface area (Å²) in [5.74, 6) is 0.744. The predicted molar refractivity (Wildman–Crippen MR) is 112 cm³/mol. The van der Waals surface area contributed by atoms with Crippen LogP contribution in [0.5, 0.6) is 0 Å². The van der Waals surface area contributed by atoms with E-state index < -0.39 is 0 Å². The lowest BCUT2D eigenvalue weighted by Gasteiger charge is -2.21. The molecule has 0 radical (unpaired) electrons. The van der Waals surface area contributed by atoms with Crippen LogP contribution in [0.3, 0.4) is 0 Å². The standard InChI is InChI=1S/C24H22N2O2/c27-23(17-9-2-1-3-10-17)25-20-13-7-6-12-19(20)24-26-21-15-14-16-8-4-5-11-18(16)22(21)28-24/h4-8,11-15,17H,1-3,9-10H2,(H,25,27). The molecule has 1 N–H and O–H groups in total. The van der Waals surface area contributed by atoms with Crippen molar-refractivity contribution in [3.63, 3.8) is 0 Å². The molecule has 4 aromatic rings. The van der Waals surface area contributed by atoms with Crippen LogP contribution in [0.2, 0.25) is 0 Å². The van der Waals surface area contributed by atoms with E-state index in [0.717, 1.165) is 58.8 Å². The maximum Gasteiger partial charge on any atom is 0.229 e. The molecule has 4 heteroatoms. The second-order valence-corrected chi connectivity index (χ2v) is 7.52. The molecule has 1 heterocycles. The number of para-hydroxylation sites is 1. The molecular weight excluding hydrogens is 348 g/mol. The summed E-state index contributed by atoms with van der Waals surface area (Å²) in [6.07, 6.45) is 5.46. The lowest BCUT2D eigenvalue weighted by Crippen LogP contribution is -2.24. The van der Waals surface area contributed by atoms with Crippen LogP contribution >= 0.6 is 0 Å². The van der Waals surface area contributed by atoms with E-state index >= 15 is 0 Å². The van der Waals surface area contributed by atoms with Gasteiger partial charge in [-0.25, -0.2) is 4.98 Å². The number of rotatable bonds is 3. The highest BCUT2D eigenvalue weighted by molar-refractivity contribution is 6.04. The summed E-state index contributed by atoms with van der Waals surface area (Å²) in [7, 11) is 0. The van der Waals surface area contributed by atoms with Gasteiger partial charge in [-0.3, -0.25) is 4.79 Å². The molecular formula is C24H22N2O2. The van der Waals surface area contributed by atoms with Crippen molar-refractivity contribution in [2.75, 3.05) is 5.32 Å². The third-order valence-electron chi connectivity index (χ3n) is 5.67. The van der Waals surface area contributed by atoms with E-state index in [2.05, 4.69) is 17.4 Å². The van der Waals surface area contributed by atoms with Crippen LogP contribution < -0.4 is 5.32 Å². The SMILES string of the molecule is O=C(Nc1ccccc1-c1nc2ccc3ccccc3c2o1)C1CCCCC1. The molecule has 1 aliphatic carbocycles. The summed E-state index contributed by atoms with van der Waals surface area (Å²) in [5, 5.41) is 5.29. The molecule has 1 aliphatic rings. The maximum absolute atomic E-state index is 12.7. The summed E-state index contributed by atoms with van der Waals surface area (Å²) >= 11 is 0. The molecule has 28 heavy (non-hydrogen) atoms. The lowest BCUT2D eigenvalue weighted by atomic mass is 9.88. The van der Waals surface area contributed by atoms with Crippen molar-refractivity contribution in [1.82, 2.24) is 4.98 Å². The van der Waals surface area contributed by atoms with Gasteiger partial charge in [-0.2, -0.15) is 0 Å². The third-order valence-corrected chi connectivity index (χ3v) is 5.67. The van der Waals surface area contributed by atoms with Crippen molar-refractivity contribution in [2.24, 2.45) is 5.92 Å². The van der Waals surface area contributed by atoms with Gasteiger partial charge in [0.05, 0.1) is 11.3 Å². The van der Waals surface area contributed by atoms with Gasteiger partial charge in [-0.15, -0.1) is 0 Å². The van der Waals surface area contributed by atoms with Crippen LogP contribution in [0.4, 0.5) is 5.69 Å². The number of carbonyl (C=O) groups excluding carboxylic acids is 1. The summed E-state index contributed by atoms with van der Waals surface area (Å²) in [6, 6.07) is 19.9. The molecule has 0 spiro atoms. The van der Waals surface area contributed by atoms with Crippen LogP contribution in [-0.4, -0.2) is 10.9 Å². The average Bonchev–Trinajstić information content (AvgIpc) is 3.19. The highest BCUT2D eigenvalue weighted by Gasteiger charge is 2.22. The number of carbonyl (C=O) groups is 1. The van der Waals surface area contributed by atoms with Crippen molar-refractivity contribution >= 4 is 33.5 Å². The van der Waals surface area contributed by atoms with Crippen molar-refractivity contribution in [2.45, 2.75) is 32.1 Å². The first-order chi connectivity index (χ1) is 13.8. The van der Waals surface area contributed by atoms with Gasteiger partial charge in [-0.1, -0.05) is 61.7 Å². The normalized spacial score (nSPS) is 15.1. The van der Waals surface area contributed by atoms with Crippen molar-refractivity contribution in [3.05, 3.63) is 60.7 Å². The van der Waals surface area contributed by atoms with E-state index in [-0.39, 0.29) is 11.8 Å². The van der Waals surface area contributed by atoms with E-state index in [9.17, 15) is 4.79 Å². The Kier molecular flexibility index (Phi) is 4.32. The zero-order chi connectivity index (χ0) is 18.9. The summed E-state index contributed by atoms with van der Waals surface area (Å²) in [4.78, 5) is 17.4. The molecule has 0 atom stereocenters. The van der Waals surface area contributed by atoms with E-state index in [1.807, 2.05) is 48.5 Å². The fourth-order valence-corrected chi connectivity index (χ4v) is 4.15. The first-order valence-electron chi connectivity index (χ1n) is 9.98. The number of aromatic nitrogens is 1. The van der Waals surface area contributed by atoms with E-state index in [4.69, 9.17) is 9.40 Å². The molecule has 1 fully saturated rings. The highest BCUT2D eigenvalue weighted by atomic mass is 16.3. The minimum Gasteiger partial charge on any atom is -0.435 e. The first-order valence-corrected chi connectivity index (χ1v) is 9.98. The molecule has 5 rings (SSSR count). The van der Waals surface area contributed by atoms with Crippen molar-refractivity contribution < 1.29 is 9.21 Å². The minimum atomic E-state index is 0.105. The number of benzene rings is 3. The Morgan fingerprint density at radius 2 is 1.71 bits per heavy atom. The Morgan fingerprint density at radius 1 is 0.929 bits per heavy atom. The van der Waals surface area contributed by atoms with Gasteiger partial charge in [0.1, 0.15) is 5.52 Å². The van der Waals surface area contributed by atoms with Crippen LogP contribution in [0, 0.1) is 5.92 Å². The minimum absolute atomic E-state index is 0.105. The van der Waals surface area contributed by atoms with Crippen LogP contribution in [-0.2, 0) is 4.79 Å². The topological polar surface area (TPSA) is 55.1 Å². The molecule has 4 nitrogen and oxygen atoms in total. The monoisotopic (exact) mass is 370 g/mol. The zero-order valence-electron chi connectivity index (χ0n) is 15.7. The average molecular weight is 370 g/mol. The van der Waals surface area contributed by atoms with Gasteiger partial charge in [0.15, 0.2) is 5.58 Å². The fourth-order valence-electron chi connectivity index (χ4n) is 4.15. The number of anilines is 1. The molecule has 1 amide bonds. The maximum atomic E-state index is 12.7. The molecule has 3 aromatic carbocycles. The molecule has 1 aromatic heterocycles. The molecule has 0 aliphatic heterocycles. The smallest absolute Gasteiger partial charge is 0.229 e. The molecule has 140 valence electrons. The van der Waals surface area contributed by atoms with E-state index in [1.54, 1.807) is 0 Å². The fraction of sp³-hybridized carbons (Fsp3) is 0.250. The van der Waals surface area contributed by atoms with E-state index in [0.29, 0.717) is 5.89 Å².